The number of hydrogen-bond donors (Lipinski definition) is 3. The second kappa shape index (κ2) is 10.7. The van der Waals surface area contributed by atoms with Crippen molar-refractivity contribution in [3.05, 3.63) is 0 Å². The quantitative estimate of drug-likeness (QED) is 0.229. The van der Waals surface area contributed by atoms with Gasteiger partial charge in [-0.1, -0.05) is 34.6 Å². The molecule has 6 nitrogen and oxygen atoms in total. The van der Waals surface area contributed by atoms with Gasteiger partial charge in [-0.2, -0.15) is 0 Å². The van der Waals surface area contributed by atoms with Gasteiger partial charge in [0, 0.05) is 12.8 Å². The number of hydrogen-bond acceptors (Lipinski definition) is 6. The van der Waals surface area contributed by atoms with Gasteiger partial charge in [-0.15, -0.1) is 0 Å². The zero-order valence-electron chi connectivity index (χ0n) is 27.6. The lowest BCUT2D eigenvalue weighted by molar-refractivity contribution is -0.287. The Labute approximate surface area is 260 Å². The van der Waals surface area contributed by atoms with Crippen LogP contribution in [0.15, 0.2) is 0 Å². The van der Waals surface area contributed by atoms with Crippen molar-refractivity contribution in [2.75, 3.05) is 6.79 Å². The number of carbonyl (C=O) groups is 1. The number of aliphatic hydroxyl groups is 3. The first-order valence-electron chi connectivity index (χ1n) is 18.2. The lowest BCUT2D eigenvalue weighted by Gasteiger charge is -2.66. The second-order valence-electron chi connectivity index (χ2n) is 17.9. The maximum Gasteiger partial charge on any atom is 0.307 e. The van der Waals surface area contributed by atoms with Gasteiger partial charge in [-0.25, -0.2) is 0 Å². The van der Waals surface area contributed by atoms with Gasteiger partial charge in [0.15, 0.2) is 6.79 Å². The molecule has 0 aromatic rings. The molecule has 0 aliphatic heterocycles. The highest BCUT2D eigenvalue weighted by atomic mass is 16.7. The Morgan fingerprint density at radius 1 is 0.907 bits per heavy atom. The van der Waals surface area contributed by atoms with Crippen LogP contribution in [0, 0.1) is 70.0 Å². The summed E-state index contributed by atoms with van der Waals surface area (Å²) >= 11 is 0. The number of ether oxygens (including phenoxy) is 2. The van der Waals surface area contributed by atoms with Gasteiger partial charge >= 0.3 is 5.97 Å². The number of rotatable bonds is 7. The fraction of sp³-hybridized carbons (Fsp3) is 0.973. The van der Waals surface area contributed by atoms with Crippen molar-refractivity contribution in [1.29, 1.82) is 0 Å². The second-order valence-corrected chi connectivity index (χ2v) is 17.9. The minimum atomic E-state index is -0.760. The van der Waals surface area contributed by atoms with E-state index in [1.165, 1.54) is 25.7 Å². The molecule has 0 saturated heterocycles. The highest BCUT2D eigenvalue weighted by Gasteiger charge is 2.65. The summed E-state index contributed by atoms with van der Waals surface area (Å²) in [7, 11) is 0. The third-order valence-corrected chi connectivity index (χ3v) is 16.1. The molecule has 0 radical (unpaired) electrons. The van der Waals surface area contributed by atoms with Crippen LogP contribution < -0.4 is 0 Å². The molecule has 0 spiro atoms. The maximum absolute atomic E-state index is 12.8. The van der Waals surface area contributed by atoms with Crippen LogP contribution in [0.5, 0.6) is 0 Å². The molecule has 8 saturated carbocycles. The van der Waals surface area contributed by atoms with Crippen LogP contribution in [-0.2, 0) is 14.3 Å². The van der Waals surface area contributed by atoms with E-state index in [2.05, 4.69) is 34.6 Å². The van der Waals surface area contributed by atoms with Gasteiger partial charge in [0.25, 0.3) is 0 Å². The van der Waals surface area contributed by atoms with E-state index in [0.29, 0.717) is 65.6 Å². The molecule has 0 aromatic heterocycles. The van der Waals surface area contributed by atoms with Crippen molar-refractivity contribution in [2.24, 2.45) is 70.0 Å². The molecule has 8 rings (SSSR count). The minimum Gasteiger partial charge on any atom is -0.438 e. The largest absolute Gasteiger partial charge is 0.438 e. The molecule has 3 N–H and O–H groups in total. The van der Waals surface area contributed by atoms with Crippen LogP contribution in [0.3, 0.4) is 0 Å². The third kappa shape index (κ3) is 4.72. The van der Waals surface area contributed by atoms with Gasteiger partial charge in [0.2, 0.25) is 0 Å². The molecule has 6 heteroatoms. The van der Waals surface area contributed by atoms with Gasteiger partial charge < -0.3 is 24.8 Å². The van der Waals surface area contributed by atoms with Crippen molar-refractivity contribution in [1.82, 2.24) is 0 Å². The summed E-state index contributed by atoms with van der Waals surface area (Å²) in [4.78, 5) is 12.8. The zero-order chi connectivity index (χ0) is 30.5. The lowest BCUT2D eigenvalue weighted by Crippen LogP contribution is -2.67. The fourth-order valence-corrected chi connectivity index (χ4v) is 14.0. The summed E-state index contributed by atoms with van der Waals surface area (Å²) in [5, 5.41) is 32.5. The van der Waals surface area contributed by atoms with E-state index in [4.69, 9.17) is 9.47 Å². The minimum absolute atomic E-state index is 0.0932. The first-order valence-corrected chi connectivity index (χ1v) is 18.2. The Hall–Kier alpha value is -0.690. The number of esters is 1. The Balaban J connectivity index is 0.940. The molecule has 244 valence electrons. The van der Waals surface area contributed by atoms with Crippen molar-refractivity contribution in [3.63, 3.8) is 0 Å². The SMILES string of the molecule is C[C@@H]1C2C[C@H](O)CC[C@]2(C)C2C[C@H](C)[C@]3(C)C(CCCC(=O)OCOC45CC6CC(CC(O)(C6)C4)C5O)CCC3C2[C@@H]1C. The standard InChI is InChI=1S/C37H60O6/c1-21-13-30-32(23(3)22(2)29-15-27(38)11-12-34(29,30)4)28-10-9-26(35(21,28)5)7-6-8-31(39)42-20-43-37-17-24-14-25(33(37)40)18-36(41,16-24)19-37/h21-30,32-33,38,40-41H,6-20H2,1-5H3/t21-,22-,23+,24?,25?,26?,27+,28?,29?,30?,32?,33?,34-,35+,36?,37?/m0/s1. The Bertz CT molecular complexity index is 1080. The average Bonchev–Trinajstić information content (AvgIpc) is 3.28. The normalized spacial score (nSPS) is 56.7. The van der Waals surface area contributed by atoms with Crippen LogP contribution in [-0.4, -0.2) is 51.5 Å². The number of carbonyl (C=O) groups excluding carboxylic acids is 1. The van der Waals surface area contributed by atoms with Gasteiger partial charge in [-0.05, 0) is 147 Å². The van der Waals surface area contributed by atoms with Gasteiger partial charge in [0.05, 0.1) is 17.8 Å². The summed E-state index contributed by atoms with van der Waals surface area (Å²) in [6.45, 7) is 12.6. The van der Waals surface area contributed by atoms with Gasteiger partial charge in [0.1, 0.15) is 5.60 Å². The molecule has 8 fully saturated rings. The van der Waals surface area contributed by atoms with Crippen LogP contribution >= 0.6 is 0 Å². The molecule has 8 aliphatic carbocycles. The predicted octanol–water partition coefficient (Wildman–Crippen LogP) is 6.49. The van der Waals surface area contributed by atoms with E-state index in [-0.39, 0.29) is 24.8 Å². The van der Waals surface area contributed by atoms with E-state index >= 15 is 0 Å². The lowest BCUT2D eigenvalue weighted by atomic mass is 9.39. The summed E-state index contributed by atoms with van der Waals surface area (Å²) < 4.78 is 11.7. The van der Waals surface area contributed by atoms with Crippen molar-refractivity contribution >= 4 is 5.97 Å². The van der Waals surface area contributed by atoms with E-state index in [1.54, 1.807) is 0 Å². The first kappa shape index (κ1) is 30.9. The molecule has 16 atom stereocenters. The highest BCUT2D eigenvalue weighted by Crippen LogP contribution is 2.71. The van der Waals surface area contributed by atoms with E-state index < -0.39 is 17.3 Å². The predicted molar refractivity (Wildman–Crippen MR) is 165 cm³/mol. The number of aliphatic hydroxyl groups excluding tert-OH is 2. The van der Waals surface area contributed by atoms with E-state index in [9.17, 15) is 20.1 Å². The summed E-state index contributed by atoms with van der Waals surface area (Å²) in [5.74, 6) is 5.93. The third-order valence-electron chi connectivity index (χ3n) is 16.1. The topological polar surface area (TPSA) is 96.2 Å². The smallest absolute Gasteiger partial charge is 0.307 e. The van der Waals surface area contributed by atoms with Crippen molar-refractivity contribution < 1.29 is 29.6 Å². The molecule has 4 bridgehead atoms. The first-order chi connectivity index (χ1) is 20.3. The molecule has 0 amide bonds. The molecule has 43 heavy (non-hydrogen) atoms. The van der Waals surface area contributed by atoms with E-state index in [0.717, 1.165) is 62.7 Å². The maximum atomic E-state index is 12.8. The summed E-state index contributed by atoms with van der Waals surface area (Å²) in [5.41, 5.74) is -0.802. The zero-order valence-corrected chi connectivity index (χ0v) is 27.6. The molecule has 8 aliphatic rings. The van der Waals surface area contributed by atoms with Crippen LogP contribution in [0.4, 0.5) is 0 Å². The number of fused-ring (bicyclic) bond motifs is 5. The van der Waals surface area contributed by atoms with E-state index in [1.807, 2.05) is 0 Å². The molecule has 0 aromatic carbocycles. The van der Waals surface area contributed by atoms with Gasteiger partial charge in [-0.3, -0.25) is 4.79 Å². The fourth-order valence-electron chi connectivity index (χ4n) is 14.0. The van der Waals surface area contributed by atoms with Crippen LogP contribution in [0.25, 0.3) is 0 Å². The van der Waals surface area contributed by atoms with Crippen LogP contribution in [0.2, 0.25) is 0 Å². The monoisotopic (exact) mass is 600 g/mol. The molecule has 10 unspecified atom stereocenters. The Morgan fingerprint density at radius 3 is 2.47 bits per heavy atom. The van der Waals surface area contributed by atoms with Crippen LogP contribution in [0.1, 0.15) is 125 Å². The Morgan fingerprint density at radius 2 is 1.70 bits per heavy atom. The van der Waals surface area contributed by atoms with Crippen molar-refractivity contribution in [2.45, 2.75) is 148 Å². The molecular weight excluding hydrogens is 540 g/mol. The highest BCUT2D eigenvalue weighted by molar-refractivity contribution is 5.69. The molecular formula is C37H60O6. The molecule has 0 heterocycles. The average molecular weight is 601 g/mol. The van der Waals surface area contributed by atoms with Crippen molar-refractivity contribution in [3.8, 4) is 0 Å². The Kier molecular flexibility index (Phi) is 7.68. The summed E-state index contributed by atoms with van der Waals surface area (Å²) in [6.07, 6.45) is 12.4. The summed E-state index contributed by atoms with van der Waals surface area (Å²) in [6, 6.07) is 0.